The molecule has 1 aromatic heterocycles. The third-order valence-electron chi connectivity index (χ3n) is 4.53. The lowest BCUT2D eigenvalue weighted by Gasteiger charge is -2.27. The monoisotopic (exact) mass is 291 g/mol. The largest absolute Gasteiger partial charge is 0.469 e. The zero-order valence-electron chi connectivity index (χ0n) is 12.5. The zero-order valence-corrected chi connectivity index (χ0v) is 12.5. The maximum absolute atomic E-state index is 11.8. The topological polar surface area (TPSA) is 31.2 Å². The Kier molecular flexibility index (Phi) is 3.00. The van der Waals surface area contributed by atoms with E-state index < -0.39 is 0 Å². The van der Waals surface area contributed by atoms with Crippen molar-refractivity contribution in [3.05, 3.63) is 60.2 Å². The smallest absolute Gasteiger partial charge is 0.306 e. The van der Waals surface area contributed by atoms with Gasteiger partial charge in [0, 0.05) is 34.6 Å². The molecule has 4 rings (SSSR count). The van der Waals surface area contributed by atoms with Crippen molar-refractivity contribution in [2.45, 2.75) is 18.9 Å². The van der Waals surface area contributed by atoms with Gasteiger partial charge in [0.2, 0.25) is 0 Å². The first kappa shape index (κ1) is 13.1. The number of carbonyl (C=O) groups excluding carboxylic acids is 1. The molecule has 110 valence electrons. The van der Waals surface area contributed by atoms with E-state index in [1.165, 1.54) is 34.8 Å². The van der Waals surface area contributed by atoms with Gasteiger partial charge in [0.15, 0.2) is 0 Å². The average molecular weight is 291 g/mol. The van der Waals surface area contributed by atoms with E-state index in [4.69, 9.17) is 4.74 Å². The molecule has 1 aliphatic heterocycles. The first-order valence-corrected chi connectivity index (χ1v) is 7.52. The summed E-state index contributed by atoms with van der Waals surface area (Å²) >= 11 is 0. The van der Waals surface area contributed by atoms with E-state index >= 15 is 0 Å². The fourth-order valence-corrected chi connectivity index (χ4v) is 3.49. The van der Waals surface area contributed by atoms with Crippen molar-refractivity contribution in [3.8, 4) is 11.3 Å². The van der Waals surface area contributed by atoms with Crippen LogP contribution in [0.25, 0.3) is 22.2 Å². The van der Waals surface area contributed by atoms with E-state index in [0.29, 0.717) is 6.42 Å². The molecule has 3 heteroatoms. The van der Waals surface area contributed by atoms with Crippen LogP contribution in [0.2, 0.25) is 0 Å². The van der Waals surface area contributed by atoms with Gasteiger partial charge in [0.05, 0.1) is 13.5 Å². The number of hydrogen-bond donors (Lipinski definition) is 0. The molecule has 0 saturated heterocycles. The Balaban J connectivity index is 1.90. The molecule has 2 heterocycles. The Hall–Kier alpha value is -2.55. The van der Waals surface area contributed by atoms with Gasteiger partial charge < -0.3 is 9.30 Å². The molecule has 3 aromatic rings. The molecule has 0 radical (unpaired) electrons. The van der Waals surface area contributed by atoms with Crippen molar-refractivity contribution in [1.82, 2.24) is 4.57 Å². The number of ether oxygens (including phenoxy) is 1. The third-order valence-corrected chi connectivity index (χ3v) is 4.53. The van der Waals surface area contributed by atoms with E-state index in [-0.39, 0.29) is 11.9 Å². The summed E-state index contributed by atoms with van der Waals surface area (Å²) in [6, 6.07) is 19.0. The second-order valence-electron chi connectivity index (χ2n) is 5.76. The lowest BCUT2D eigenvalue weighted by atomic mass is 9.87. The molecule has 1 atom stereocenters. The van der Waals surface area contributed by atoms with Gasteiger partial charge in [-0.15, -0.1) is 0 Å². The van der Waals surface area contributed by atoms with Crippen LogP contribution in [0.5, 0.6) is 0 Å². The minimum absolute atomic E-state index is 0.153. The molecule has 0 N–H and O–H groups in total. The summed E-state index contributed by atoms with van der Waals surface area (Å²) in [5.74, 6) is 0.00618. The molecule has 22 heavy (non-hydrogen) atoms. The highest BCUT2D eigenvalue weighted by Gasteiger charge is 2.27. The van der Waals surface area contributed by atoms with Gasteiger partial charge in [-0.3, -0.25) is 4.79 Å². The molecule has 0 aliphatic carbocycles. The van der Waals surface area contributed by atoms with Crippen molar-refractivity contribution in [1.29, 1.82) is 0 Å². The Morgan fingerprint density at radius 3 is 2.82 bits per heavy atom. The van der Waals surface area contributed by atoms with Crippen LogP contribution in [0.4, 0.5) is 0 Å². The summed E-state index contributed by atoms with van der Waals surface area (Å²) in [5.41, 5.74) is 4.92. The minimum atomic E-state index is -0.153. The van der Waals surface area contributed by atoms with Gasteiger partial charge in [-0.1, -0.05) is 42.5 Å². The van der Waals surface area contributed by atoms with Gasteiger partial charge in [-0.05, 0) is 17.7 Å². The summed E-state index contributed by atoms with van der Waals surface area (Å²) in [7, 11) is 1.45. The molecule has 1 aliphatic rings. The van der Waals surface area contributed by atoms with Gasteiger partial charge >= 0.3 is 5.97 Å². The van der Waals surface area contributed by atoms with E-state index in [0.717, 1.165) is 6.54 Å². The van der Waals surface area contributed by atoms with Crippen LogP contribution < -0.4 is 0 Å². The molecule has 1 unspecified atom stereocenters. The lowest BCUT2D eigenvalue weighted by Crippen LogP contribution is -2.19. The number of benzene rings is 2. The van der Waals surface area contributed by atoms with E-state index in [2.05, 4.69) is 53.1 Å². The fraction of sp³-hybridized carbons (Fsp3) is 0.211. The number of fused-ring (bicyclic) bond motifs is 5. The zero-order chi connectivity index (χ0) is 15.1. The Labute approximate surface area is 129 Å². The van der Waals surface area contributed by atoms with Gasteiger partial charge in [0.25, 0.3) is 0 Å². The summed E-state index contributed by atoms with van der Waals surface area (Å²) in [4.78, 5) is 11.8. The van der Waals surface area contributed by atoms with Gasteiger partial charge in [-0.2, -0.15) is 0 Å². The Bertz CT molecular complexity index is 863. The molecule has 0 bridgehead atoms. The number of methoxy groups -OCH3 is 1. The highest BCUT2D eigenvalue weighted by Crippen LogP contribution is 2.40. The molecular weight excluding hydrogens is 274 g/mol. The summed E-state index contributed by atoms with van der Waals surface area (Å²) in [5, 5.41) is 1.24. The Morgan fingerprint density at radius 2 is 1.95 bits per heavy atom. The summed E-state index contributed by atoms with van der Waals surface area (Å²) in [6.45, 7) is 0.814. The SMILES string of the molecule is COC(=O)CC1Cn2c(cc3ccccc32)-c2ccccc21. The molecule has 0 fully saturated rings. The van der Waals surface area contributed by atoms with Crippen LogP contribution in [-0.2, 0) is 16.1 Å². The van der Waals surface area contributed by atoms with E-state index in [1.807, 2.05) is 6.07 Å². The highest BCUT2D eigenvalue weighted by atomic mass is 16.5. The van der Waals surface area contributed by atoms with E-state index in [9.17, 15) is 4.79 Å². The van der Waals surface area contributed by atoms with Crippen LogP contribution in [-0.4, -0.2) is 17.6 Å². The highest BCUT2D eigenvalue weighted by molar-refractivity contribution is 5.88. The standard InChI is InChI=1S/C19H17NO2/c1-22-19(21)11-14-12-20-17-9-5-2-6-13(17)10-18(20)16-8-4-3-7-15(14)16/h2-10,14H,11-12H2,1H3. The predicted octanol–water partition coefficient (Wildman–Crippen LogP) is 3.97. The van der Waals surface area contributed by atoms with Crippen LogP contribution in [0.3, 0.4) is 0 Å². The first-order valence-electron chi connectivity index (χ1n) is 7.52. The first-order chi connectivity index (χ1) is 10.8. The van der Waals surface area contributed by atoms with Crippen molar-refractivity contribution >= 4 is 16.9 Å². The number of para-hydroxylation sites is 1. The molecule has 0 saturated carbocycles. The van der Waals surface area contributed by atoms with Crippen LogP contribution in [0.15, 0.2) is 54.6 Å². The molecule has 3 nitrogen and oxygen atoms in total. The van der Waals surface area contributed by atoms with Crippen LogP contribution >= 0.6 is 0 Å². The predicted molar refractivity (Wildman–Crippen MR) is 86.7 cm³/mol. The second kappa shape index (κ2) is 5.02. The van der Waals surface area contributed by atoms with Crippen molar-refractivity contribution in [2.24, 2.45) is 0 Å². The quantitative estimate of drug-likeness (QED) is 0.669. The second-order valence-corrected chi connectivity index (χ2v) is 5.76. The number of aromatic nitrogens is 1. The number of hydrogen-bond acceptors (Lipinski definition) is 2. The normalized spacial score (nSPS) is 16.1. The van der Waals surface area contributed by atoms with Crippen molar-refractivity contribution in [2.75, 3.05) is 7.11 Å². The average Bonchev–Trinajstić information content (AvgIpc) is 2.94. The minimum Gasteiger partial charge on any atom is -0.469 e. The fourth-order valence-electron chi connectivity index (χ4n) is 3.49. The van der Waals surface area contributed by atoms with Gasteiger partial charge in [0.1, 0.15) is 0 Å². The van der Waals surface area contributed by atoms with E-state index in [1.54, 1.807) is 0 Å². The maximum atomic E-state index is 11.8. The number of nitrogens with zero attached hydrogens (tertiary/aromatic N) is 1. The van der Waals surface area contributed by atoms with Crippen molar-refractivity contribution < 1.29 is 9.53 Å². The van der Waals surface area contributed by atoms with Crippen LogP contribution in [0.1, 0.15) is 17.9 Å². The molecular formula is C19H17NO2. The molecule has 0 amide bonds. The van der Waals surface area contributed by atoms with Gasteiger partial charge in [-0.25, -0.2) is 0 Å². The Morgan fingerprint density at radius 1 is 1.18 bits per heavy atom. The maximum Gasteiger partial charge on any atom is 0.306 e. The summed E-state index contributed by atoms with van der Waals surface area (Å²) in [6.07, 6.45) is 0.416. The third kappa shape index (κ3) is 1.93. The number of esters is 1. The molecule has 2 aromatic carbocycles. The lowest BCUT2D eigenvalue weighted by molar-refractivity contribution is -0.141. The summed E-state index contributed by atoms with van der Waals surface area (Å²) < 4.78 is 7.20. The van der Waals surface area contributed by atoms with Crippen molar-refractivity contribution in [3.63, 3.8) is 0 Å². The molecule has 0 spiro atoms. The van der Waals surface area contributed by atoms with Crippen LogP contribution in [0, 0.1) is 0 Å². The number of carbonyl (C=O) groups is 1. The number of rotatable bonds is 2.